The summed E-state index contributed by atoms with van der Waals surface area (Å²) in [5, 5.41) is 0. The Balaban J connectivity index is 2.04. The van der Waals surface area contributed by atoms with E-state index in [1.165, 1.54) is 38.5 Å². The van der Waals surface area contributed by atoms with E-state index in [-0.39, 0.29) is 11.5 Å². The standard InChI is InChI=1S/C14H15O6P/c1-17-11-3-7-13(8-4-11)19-21(15,16)20-14-9-5-12(18-2)6-10-14/h3-10H,1-2H3,(H,15,16)/p-1. The summed E-state index contributed by atoms with van der Waals surface area (Å²) < 4.78 is 31.4. The number of ether oxygens (including phenoxy) is 2. The molecule has 0 unspecified atom stereocenters. The molecule has 0 saturated heterocycles. The molecule has 0 aliphatic carbocycles. The SMILES string of the molecule is COc1ccc(OP(=O)([O-])Oc2ccc(OC)cc2)cc1. The van der Waals surface area contributed by atoms with Crippen molar-refractivity contribution in [3.63, 3.8) is 0 Å². The summed E-state index contributed by atoms with van der Waals surface area (Å²) in [5.74, 6) is 1.48. The third-order valence-corrected chi connectivity index (χ3v) is 3.42. The highest BCUT2D eigenvalue weighted by Crippen LogP contribution is 2.41. The van der Waals surface area contributed by atoms with E-state index in [0.29, 0.717) is 11.5 Å². The highest BCUT2D eigenvalue weighted by Gasteiger charge is 2.13. The third kappa shape index (κ3) is 4.41. The number of hydrogen-bond acceptors (Lipinski definition) is 6. The molecule has 0 spiro atoms. The van der Waals surface area contributed by atoms with Crippen molar-refractivity contribution >= 4 is 7.82 Å². The Bertz CT molecular complexity index is 569. The average Bonchev–Trinajstić information content (AvgIpc) is 2.48. The molecule has 0 saturated carbocycles. The molecule has 0 N–H and O–H groups in total. The Morgan fingerprint density at radius 3 is 1.29 bits per heavy atom. The van der Waals surface area contributed by atoms with E-state index < -0.39 is 7.82 Å². The van der Waals surface area contributed by atoms with Gasteiger partial charge in [0.1, 0.15) is 23.0 Å². The fourth-order valence-corrected chi connectivity index (χ4v) is 2.35. The minimum atomic E-state index is -4.52. The summed E-state index contributed by atoms with van der Waals surface area (Å²) in [6.07, 6.45) is 0. The average molecular weight is 309 g/mol. The van der Waals surface area contributed by atoms with E-state index in [0.717, 1.165) is 0 Å². The molecule has 0 atom stereocenters. The van der Waals surface area contributed by atoms with Crippen LogP contribution in [0, 0.1) is 0 Å². The van der Waals surface area contributed by atoms with Crippen LogP contribution in [0.15, 0.2) is 48.5 Å². The van der Waals surface area contributed by atoms with Crippen molar-refractivity contribution in [1.29, 1.82) is 0 Å². The van der Waals surface area contributed by atoms with Crippen LogP contribution in [0.5, 0.6) is 23.0 Å². The first-order valence-corrected chi connectivity index (χ1v) is 7.47. The molecule has 7 heteroatoms. The molecule has 0 heterocycles. The van der Waals surface area contributed by atoms with Crippen LogP contribution in [-0.4, -0.2) is 14.2 Å². The molecule has 0 radical (unpaired) electrons. The van der Waals surface area contributed by atoms with Crippen molar-refractivity contribution in [3.8, 4) is 23.0 Å². The molecule has 0 aromatic heterocycles. The van der Waals surface area contributed by atoms with Gasteiger partial charge in [-0.3, -0.25) is 0 Å². The molecular weight excluding hydrogens is 295 g/mol. The summed E-state index contributed by atoms with van der Waals surface area (Å²) in [5.41, 5.74) is 0. The second kappa shape index (κ2) is 6.52. The van der Waals surface area contributed by atoms with Gasteiger partial charge in [0.25, 0.3) is 0 Å². The van der Waals surface area contributed by atoms with Gasteiger partial charge in [-0.2, -0.15) is 0 Å². The summed E-state index contributed by atoms with van der Waals surface area (Å²) in [4.78, 5) is 11.8. The van der Waals surface area contributed by atoms with Crippen LogP contribution < -0.4 is 23.4 Å². The second-order valence-corrected chi connectivity index (χ2v) is 5.24. The highest BCUT2D eigenvalue weighted by molar-refractivity contribution is 7.46. The molecule has 0 bridgehead atoms. The zero-order valence-corrected chi connectivity index (χ0v) is 12.4. The third-order valence-electron chi connectivity index (χ3n) is 2.55. The van der Waals surface area contributed by atoms with Crippen molar-refractivity contribution in [1.82, 2.24) is 0 Å². The first-order chi connectivity index (χ1) is 10.0. The van der Waals surface area contributed by atoms with E-state index in [1.54, 1.807) is 24.3 Å². The van der Waals surface area contributed by atoms with Gasteiger partial charge in [-0.05, 0) is 48.5 Å². The molecule has 0 amide bonds. The number of phosphoric ester groups is 1. The molecule has 0 aliphatic rings. The lowest BCUT2D eigenvalue weighted by molar-refractivity contribution is -0.208. The van der Waals surface area contributed by atoms with Crippen LogP contribution in [0.2, 0.25) is 0 Å². The monoisotopic (exact) mass is 309 g/mol. The topological polar surface area (TPSA) is 77.1 Å². The van der Waals surface area contributed by atoms with E-state index >= 15 is 0 Å². The fourth-order valence-electron chi connectivity index (χ4n) is 1.55. The van der Waals surface area contributed by atoms with E-state index in [9.17, 15) is 9.46 Å². The Hall–Kier alpha value is -2.17. The number of benzene rings is 2. The Labute approximate surface area is 122 Å². The highest BCUT2D eigenvalue weighted by atomic mass is 31.2. The van der Waals surface area contributed by atoms with Crippen molar-refractivity contribution in [2.45, 2.75) is 0 Å². The first kappa shape index (κ1) is 15.2. The predicted octanol–water partition coefficient (Wildman–Crippen LogP) is 2.63. The van der Waals surface area contributed by atoms with Gasteiger partial charge in [0.15, 0.2) is 0 Å². The number of hydrogen-bond donors (Lipinski definition) is 0. The van der Waals surface area contributed by atoms with E-state index in [2.05, 4.69) is 0 Å². The normalized spacial score (nSPS) is 10.8. The van der Waals surface area contributed by atoms with Crippen LogP contribution in [-0.2, 0) is 4.57 Å². The van der Waals surface area contributed by atoms with Gasteiger partial charge in [-0.25, -0.2) is 4.57 Å². The van der Waals surface area contributed by atoms with Crippen LogP contribution in [0.25, 0.3) is 0 Å². The van der Waals surface area contributed by atoms with Gasteiger partial charge >= 0.3 is 7.82 Å². The quantitative estimate of drug-likeness (QED) is 0.763. The maximum atomic E-state index is 11.8. The Kier molecular flexibility index (Phi) is 4.73. The van der Waals surface area contributed by atoms with Crippen molar-refractivity contribution in [2.24, 2.45) is 0 Å². The lowest BCUT2D eigenvalue weighted by atomic mass is 10.3. The summed E-state index contributed by atoms with van der Waals surface area (Å²) in [7, 11) is -1.49. The van der Waals surface area contributed by atoms with Gasteiger partial charge in [0.05, 0.1) is 14.2 Å². The molecule has 2 aromatic rings. The second-order valence-electron chi connectivity index (χ2n) is 3.98. The summed E-state index contributed by atoms with van der Waals surface area (Å²) >= 11 is 0. The van der Waals surface area contributed by atoms with Crippen LogP contribution in [0.3, 0.4) is 0 Å². The molecule has 21 heavy (non-hydrogen) atoms. The minimum absolute atomic E-state index is 0.141. The molecule has 0 fully saturated rings. The van der Waals surface area contributed by atoms with Gasteiger partial charge in [-0.15, -0.1) is 0 Å². The molecule has 6 nitrogen and oxygen atoms in total. The Morgan fingerprint density at radius 2 is 1.00 bits per heavy atom. The van der Waals surface area contributed by atoms with Crippen molar-refractivity contribution in [2.75, 3.05) is 14.2 Å². The summed E-state index contributed by atoms with van der Waals surface area (Å²) in [6.45, 7) is 0. The van der Waals surface area contributed by atoms with Gasteiger partial charge in [0.2, 0.25) is 0 Å². The zero-order valence-electron chi connectivity index (χ0n) is 11.5. The first-order valence-electron chi connectivity index (χ1n) is 6.01. The maximum absolute atomic E-state index is 11.8. The van der Waals surface area contributed by atoms with Gasteiger partial charge in [0, 0.05) is 0 Å². The number of methoxy groups -OCH3 is 2. The smallest absolute Gasteiger partial charge is 0.372 e. The predicted molar refractivity (Wildman–Crippen MR) is 74.9 cm³/mol. The lowest BCUT2D eigenvalue weighted by Crippen LogP contribution is -2.13. The molecule has 0 aliphatic heterocycles. The Morgan fingerprint density at radius 1 is 0.714 bits per heavy atom. The van der Waals surface area contributed by atoms with Crippen LogP contribution in [0.1, 0.15) is 0 Å². The van der Waals surface area contributed by atoms with Gasteiger partial charge in [-0.1, -0.05) is 0 Å². The molecule has 2 aromatic carbocycles. The number of phosphoric acid groups is 1. The largest absolute Gasteiger partial charge is 0.736 e. The fraction of sp³-hybridized carbons (Fsp3) is 0.143. The molecule has 2 rings (SSSR count). The van der Waals surface area contributed by atoms with E-state index in [1.807, 2.05) is 0 Å². The zero-order chi connectivity index (χ0) is 15.3. The molecular formula is C14H14O6P-. The van der Waals surface area contributed by atoms with E-state index in [4.69, 9.17) is 18.5 Å². The minimum Gasteiger partial charge on any atom is -0.736 e. The number of rotatable bonds is 6. The van der Waals surface area contributed by atoms with Crippen LogP contribution >= 0.6 is 7.82 Å². The maximum Gasteiger partial charge on any atom is 0.372 e. The lowest BCUT2D eigenvalue weighted by Gasteiger charge is -2.23. The molecule has 112 valence electrons. The van der Waals surface area contributed by atoms with Crippen molar-refractivity contribution in [3.05, 3.63) is 48.5 Å². The summed E-state index contributed by atoms with van der Waals surface area (Å²) in [6, 6.07) is 12.2. The van der Waals surface area contributed by atoms with Crippen LogP contribution in [0.4, 0.5) is 0 Å². The van der Waals surface area contributed by atoms with Crippen molar-refractivity contribution < 1.29 is 28.0 Å². The van der Waals surface area contributed by atoms with Gasteiger partial charge < -0.3 is 23.4 Å².